The van der Waals surface area contributed by atoms with Gasteiger partial charge in [-0.3, -0.25) is 0 Å². The number of furan rings is 1. The Kier molecular flexibility index (Phi) is 3.34. The van der Waals surface area contributed by atoms with Crippen LogP contribution in [0.5, 0.6) is 0 Å². The minimum absolute atomic E-state index is 0.00991. The molecule has 0 aliphatic carbocycles. The molecule has 7 heteroatoms. The van der Waals surface area contributed by atoms with Gasteiger partial charge < -0.3 is 14.8 Å². The van der Waals surface area contributed by atoms with Gasteiger partial charge in [0.1, 0.15) is 17.9 Å². The van der Waals surface area contributed by atoms with Crippen molar-refractivity contribution in [3.63, 3.8) is 0 Å². The average molecular weight is 273 g/mol. The molecule has 0 spiro atoms. The fraction of sp³-hybridized carbons (Fsp3) is 0.308. The minimum atomic E-state index is -0.00991. The summed E-state index contributed by atoms with van der Waals surface area (Å²) < 4.78 is 7.02. The number of anilines is 1. The van der Waals surface area contributed by atoms with Crippen molar-refractivity contribution >= 4 is 16.9 Å². The SMILES string of the molecule is CC(Nc1ncnc2c1cnn2CCO)c1ccco1. The zero-order chi connectivity index (χ0) is 13.9. The van der Waals surface area contributed by atoms with E-state index >= 15 is 0 Å². The van der Waals surface area contributed by atoms with Gasteiger partial charge in [-0.15, -0.1) is 0 Å². The van der Waals surface area contributed by atoms with Crippen LogP contribution in [0.15, 0.2) is 35.3 Å². The van der Waals surface area contributed by atoms with Crippen molar-refractivity contribution < 1.29 is 9.52 Å². The second-order valence-electron chi connectivity index (χ2n) is 4.43. The number of hydrogen-bond donors (Lipinski definition) is 2. The molecule has 0 aliphatic heterocycles. The molecule has 3 heterocycles. The Hall–Kier alpha value is -2.41. The van der Waals surface area contributed by atoms with Crippen molar-refractivity contribution in [2.45, 2.75) is 19.5 Å². The molecule has 0 amide bonds. The first-order chi connectivity index (χ1) is 9.79. The quantitative estimate of drug-likeness (QED) is 0.733. The lowest BCUT2D eigenvalue weighted by Crippen LogP contribution is -2.08. The Morgan fingerprint density at radius 2 is 2.35 bits per heavy atom. The molecule has 0 bridgehead atoms. The first-order valence-electron chi connectivity index (χ1n) is 6.37. The topological polar surface area (TPSA) is 89.0 Å². The van der Waals surface area contributed by atoms with Crippen LogP contribution in [0.25, 0.3) is 11.0 Å². The van der Waals surface area contributed by atoms with Crippen molar-refractivity contribution in [1.82, 2.24) is 19.7 Å². The summed E-state index contributed by atoms with van der Waals surface area (Å²) in [6, 6.07) is 3.75. The zero-order valence-corrected chi connectivity index (χ0v) is 11.0. The number of nitrogens with zero attached hydrogens (tertiary/aromatic N) is 4. The molecule has 0 radical (unpaired) electrons. The maximum Gasteiger partial charge on any atom is 0.163 e. The summed E-state index contributed by atoms with van der Waals surface area (Å²) in [5.41, 5.74) is 0.697. The predicted octanol–water partition coefficient (Wildman–Crippen LogP) is 1.58. The smallest absolute Gasteiger partial charge is 0.163 e. The molecule has 20 heavy (non-hydrogen) atoms. The Labute approximate surface area is 115 Å². The lowest BCUT2D eigenvalue weighted by atomic mass is 10.2. The molecule has 104 valence electrons. The summed E-state index contributed by atoms with van der Waals surface area (Å²) in [6.07, 6.45) is 4.82. The molecule has 2 N–H and O–H groups in total. The highest BCUT2D eigenvalue weighted by Gasteiger charge is 2.13. The van der Waals surface area contributed by atoms with E-state index in [0.717, 1.165) is 11.1 Å². The van der Waals surface area contributed by atoms with Gasteiger partial charge in [0.25, 0.3) is 0 Å². The van der Waals surface area contributed by atoms with Gasteiger partial charge in [-0.2, -0.15) is 5.10 Å². The van der Waals surface area contributed by atoms with Crippen molar-refractivity contribution in [2.75, 3.05) is 11.9 Å². The second-order valence-corrected chi connectivity index (χ2v) is 4.43. The Balaban J connectivity index is 1.92. The van der Waals surface area contributed by atoms with Crippen molar-refractivity contribution in [1.29, 1.82) is 0 Å². The molecule has 0 aliphatic rings. The maximum absolute atomic E-state index is 9.00. The number of hydrogen-bond acceptors (Lipinski definition) is 6. The van der Waals surface area contributed by atoms with E-state index in [0.29, 0.717) is 18.0 Å². The molecule has 0 saturated heterocycles. The molecule has 7 nitrogen and oxygen atoms in total. The van der Waals surface area contributed by atoms with Crippen LogP contribution in [0.2, 0.25) is 0 Å². The highest BCUT2D eigenvalue weighted by molar-refractivity contribution is 5.86. The molecule has 3 rings (SSSR count). The fourth-order valence-electron chi connectivity index (χ4n) is 2.08. The third-order valence-corrected chi connectivity index (χ3v) is 3.07. The summed E-state index contributed by atoms with van der Waals surface area (Å²) in [7, 11) is 0. The van der Waals surface area contributed by atoms with Gasteiger partial charge >= 0.3 is 0 Å². The van der Waals surface area contributed by atoms with E-state index < -0.39 is 0 Å². The van der Waals surface area contributed by atoms with Crippen LogP contribution in [0.3, 0.4) is 0 Å². The fourth-order valence-corrected chi connectivity index (χ4v) is 2.08. The zero-order valence-electron chi connectivity index (χ0n) is 11.0. The average Bonchev–Trinajstić information content (AvgIpc) is 3.09. The molecule has 0 fully saturated rings. The van der Waals surface area contributed by atoms with Crippen LogP contribution >= 0.6 is 0 Å². The van der Waals surface area contributed by atoms with Crippen LogP contribution < -0.4 is 5.32 Å². The van der Waals surface area contributed by atoms with Gasteiger partial charge in [0.05, 0.1) is 37.0 Å². The molecular weight excluding hydrogens is 258 g/mol. The highest BCUT2D eigenvalue weighted by Crippen LogP contribution is 2.23. The molecule has 1 unspecified atom stereocenters. The number of aromatic nitrogens is 4. The lowest BCUT2D eigenvalue weighted by molar-refractivity contribution is 0.271. The van der Waals surface area contributed by atoms with Gasteiger partial charge in [-0.1, -0.05) is 0 Å². The van der Waals surface area contributed by atoms with Gasteiger partial charge in [-0.05, 0) is 19.1 Å². The van der Waals surface area contributed by atoms with Gasteiger partial charge in [-0.25, -0.2) is 14.6 Å². The Morgan fingerprint density at radius 1 is 1.45 bits per heavy atom. The van der Waals surface area contributed by atoms with Crippen molar-refractivity contribution in [3.8, 4) is 0 Å². The number of aliphatic hydroxyl groups excluding tert-OH is 1. The standard InChI is InChI=1S/C13H15N5O2/c1-9(11-3-2-6-20-11)17-12-10-7-16-18(4-5-19)13(10)15-8-14-12/h2-3,6-9,19H,4-5H2,1H3,(H,14,15,17). The second kappa shape index (κ2) is 5.30. The molecule has 0 aromatic carbocycles. The highest BCUT2D eigenvalue weighted by atomic mass is 16.3. The number of fused-ring (bicyclic) bond motifs is 1. The maximum atomic E-state index is 9.00. The lowest BCUT2D eigenvalue weighted by Gasteiger charge is -2.12. The summed E-state index contributed by atoms with van der Waals surface area (Å²) in [5, 5.41) is 17.3. The summed E-state index contributed by atoms with van der Waals surface area (Å²) in [6.45, 7) is 2.42. The number of aliphatic hydroxyl groups is 1. The van der Waals surface area contributed by atoms with Crippen LogP contribution in [-0.4, -0.2) is 31.5 Å². The third-order valence-electron chi connectivity index (χ3n) is 3.07. The van der Waals surface area contributed by atoms with E-state index in [1.807, 2.05) is 19.1 Å². The largest absolute Gasteiger partial charge is 0.467 e. The summed E-state index contributed by atoms with van der Waals surface area (Å²) in [5.74, 6) is 1.53. The van der Waals surface area contributed by atoms with E-state index in [9.17, 15) is 0 Å². The number of nitrogens with one attached hydrogen (secondary N) is 1. The van der Waals surface area contributed by atoms with Crippen molar-refractivity contribution in [3.05, 3.63) is 36.7 Å². The summed E-state index contributed by atoms with van der Waals surface area (Å²) in [4.78, 5) is 8.46. The minimum Gasteiger partial charge on any atom is -0.467 e. The first-order valence-corrected chi connectivity index (χ1v) is 6.37. The molecule has 3 aromatic heterocycles. The van der Waals surface area contributed by atoms with Crippen molar-refractivity contribution in [2.24, 2.45) is 0 Å². The predicted molar refractivity (Wildman–Crippen MR) is 73.2 cm³/mol. The normalized spacial score (nSPS) is 12.7. The Bertz CT molecular complexity index is 692. The number of rotatable bonds is 5. The van der Waals surface area contributed by atoms with Gasteiger partial charge in [0.2, 0.25) is 0 Å². The van der Waals surface area contributed by atoms with E-state index in [1.165, 1.54) is 6.33 Å². The van der Waals surface area contributed by atoms with E-state index in [1.54, 1.807) is 17.1 Å². The summed E-state index contributed by atoms with van der Waals surface area (Å²) >= 11 is 0. The third kappa shape index (κ3) is 2.23. The van der Waals surface area contributed by atoms with Crippen LogP contribution in [0.1, 0.15) is 18.7 Å². The Morgan fingerprint density at radius 3 is 3.10 bits per heavy atom. The molecule has 0 saturated carbocycles. The molecular formula is C13H15N5O2. The van der Waals surface area contributed by atoms with Crippen LogP contribution in [0.4, 0.5) is 5.82 Å². The van der Waals surface area contributed by atoms with E-state index in [4.69, 9.17) is 9.52 Å². The van der Waals surface area contributed by atoms with E-state index in [2.05, 4.69) is 20.4 Å². The van der Waals surface area contributed by atoms with E-state index in [-0.39, 0.29) is 12.6 Å². The molecule has 3 aromatic rings. The van der Waals surface area contributed by atoms with Crippen LogP contribution in [-0.2, 0) is 6.54 Å². The van der Waals surface area contributed by atoms with Gasteiger partial charge in [0.15, 0.2) is 5.65 Å². The monoisotopic (exact) mass is 273 g/mol. The first kappa shape index (κ1) is 12.6. The van der Waals surface area contributed by atoms with Gasteiger partial charge in [0, 0.05) is 0 Å². The molecule has 1 atom stereocenters. The van der Waals surface area contributed by atoms with Crippen LogP contribution in [0, 0.1) is 0 Å².